The molecule has 1 N–H and O–H groups in total. The number of morpholine rings is 1. The minimum Gasteiger partial charge on any atom is -0.374 e. The molecule has 1 aliphatic heterocycles. The number of rotatable bonds is 5. The summed E-state index contributed by atoms with van der Waals surface area (Å²) in [6.07, 6.45) is 6.61. The van der Waals surface area contributed by atoms with Crippen LogP contribution in [-0.4, -0.2) is 54.1 Å². The Morgan fingerprint density at radius 3 is 2.76 bits per heavy atom. The summed E-state index contributed by atoms with van der Waals surface area (Å²) < 4.78 is 7.83. The maximum atomic E-state index is 9.09. The first kappa shape index (κ1) is 19.4. The van der Waals surface area contributed by atoms with Crippen LogP contribution in [-0.2, 0) is 4.74 Å². The topological polar surface area (TPSA) is 66.1 Å². The molecule has 1 aliphatic carbocycles. The standard InChI is InChI=1S/C23H27N5O/c1-17-3-7-19(8-4-17)22-13-23(25-15-21-16-27(2)11-12-29-21)26-28(22)20-9-5-18(14-24)6-10-20/h3,5-7,9-10,13,21H,4,8,11-12,15-16H2,1-2H3,(H,25,26). The summed E-state index contributed by atoms with van der Waals surface area (Å²) in [7, 11) is 2.12. The second-order valence-electron chi connectivity index (χ2n) is 7.83. The van der Waals surface area contributed by atoms with Gasteiger partial charge in [-0.05, 0) is 56.7 Å². The molecule has 2 aliphatic rings. The Kier molecular flexibility index (Phi) is 5.79. The zero-order valence-corrected chi connectivity index (χ0v) is 17.1. The largest absolute Gasteiger partial charge is 0.374 e. The van der Waals surface area contributed by atoms with Crippen LogP contribution in [0.15, 0.2) is 48.1 Å². The van der Waals surface area contributed by atoms with Crippen molar-refractivity contribution >= 4 is 11.4 Å². The highest BCUT2D eigenvalue weighted by Crippen LogP contribution is 2.30. The highest BCUT2D eigenvalue weighted by atomic mass is 16.5. The van der Waals surface area contributed by atoms with Crippen LogP contribution < -0.4 is 5.32 Å². The van der Waals surface area contributed by atoms with E-state index in [0.717, 1.165) is 56.3 Å². The monoisotopic (exact) mass is 389 g/mol. The first-order valence-corrected chi connectivity index (χ1v) is 10.1. The number of benzene rings is 1. The summed E-state index contributed by atoms with van der Waals surface area (Å²) in [6, 6.07) is 11.8. The first-order chi connectivity index (χ1) is 14.1. The summed E-state index contributed by atoms with van der Waals surface area (Å²) in [4.78, 5) is 2.29. The number of aromatic nitrogens is 2. The molecule has 0 amide bonds. The van der Waals surface area contributed by atoms with Crippen LogP contribution in [0.2, 0.25) is 0 Å². The molecule has 0 spiro atoms. The smallest absolute Gasteiger partial charge is 0.149 e. The molecule has 1 saturated heterocycles. The Labute approximate surface area is 172 Å². The number of allylic oxidation sites excluding steroid dienone is 4. The highest BCUT2D eigenvalue weighted by molar-refractivity contribution is 5.70. The zero-order chi connectivity index (χ0) is 20.2. The van der Waals surface area contributed by atoms with Crippen LogP contribution in [0, 0.1) is 11.3 Å². The van der Waals surface area contributed by atoms with Gasteiger partial charge in [0.05, 0.1) is 35.7 Å². The van der Waals surface area contributed by atoms with Crippen molar-refractivity contribution in [2.75, 3.05) is 38.6 Å². The van der Waals surface area contributed by atoms with E-state index in [9.17, 15) is 0 Å². The highest BCUT2D eigenvalue weighted by Gasteiger charge is 2.19. The number of anilines is 1. The van der Waals surface area contributed by atoms with Crippen molar-refractivity contribution in [1.29, 1.82) is 5.26 Å². The molecule has 0 saturated carbocycles. The van der Waals surface area contributed by atoms with Gasteiger partial charge in [0.1, 0.15) is 5.82 Å². The van der Waals surface area contributed by atoms with Crippen LogP contribution in [0.25, 0.3) is 11.3 Å². The van der Waals surface area contributed by atoms with E-state index in [1.54, 1.807) is 0 Å². The Morgan fingerprint density at radius 1 is 1.24 bits per heavy atom. The lowest BCUT2D eigenvalue weighted by molar-refractivity contribution is -0.0117. The van der Waals surface area contributed by atoms with Crippen molar-refractivity contribution < 1.29 is 4.74 Å². The lowest BCUT2D eigenvalue weighted by Crippen LogP contribution is -2.43. The predicted octanol–water partition coefficient (Wildman–Crippen LogP) is 3.61. The molecule has 150 valence electrons. The maximum absolute atomic E-state index is 9.09. The number of ether oxygens (including phenoxy) is 1. The normalized spacial score (nSPS) is 20.0. The molecule has 2 heterocycles. The van der Waals surface area contributed by atoms with Gasteiger partial charge in [-0.15, -0.1) is 5.10 Å². The van der Waals surface area contributed by atoms with Gasteiger partial charge in [-0.1, -0.05) is 17.7 Å². The second kappa shape index (κ2) is 8.64. The van der Waals surface area contributed by atoms with Gasteiger partial charge >= 0.3 is 0 Å². The third kappa shape index (κ3) is 4.58. The van der Waals surface area contributed by atoms with Gasteiger partial charge in [0.2, 0.25) is 0 Å². The molecule has 2 aromatic rings. The van der Waals surface area contributed by atoms with E-state index in [2.05, 4.69) is 48.5 Å². The van der Waals surface area contributed by atoms with Crippen LogP contribution in [0.3, 0.4) is 0 Å². The van der Waals surface area contributed by atoms with Gasteiger partial charge in [-0.25, -0.2) is 4.68 Å². The molecule has 1 atom stereocenters. The summed E-state index contributed by atoms with van der Waals surface area (Å²) >= 11 is 0. The van der Waals surface area contributed by atoms with Crippen molar-refractivity contribution in [1.82, 2.24) is 14.7 Å². The predicted molar refractivity (Wildman–Crippen MR) is 115 cm³/mol. The molecule has 4 rings (SSSR count). The van der Waals surface area contributed by atoms with E-state index in [1.165, 1.54) is 11.1 Å². The third-order valence-electron chi connectivity index (χ3n) is 5.49. The Hall–Kier alpha value is -2.88. The number of hydrogen-bond donors (Lipinski definition) is 1. The number of nitrogens with one attached hydrogen (secondary N) is 1. The maximum Gasteiger partial charge on any atom is 0.149 e. The fraction of sp³-hybridized carbons (Fsp3) is 0.391. The fourth-order valence-corrected chi connectivity index (χ4v) is 3.73. The van der Waals surface area contributed by atoms with Gasteiger partial charge in [0.15, 0.2) is 0 Å². The van der Waals surface area contributed by atoms with Crippen molar-refractivity contribution in [3.05, 3.63) is 59.3 Å². The Balaban J connectivity index is 1.60. The third-order valence-corrected chi connectivity index (χ3v) is 5.49. The van der Waals surface area contributed by atoms with Crippen molar-refractivity contribution in [3.8, 4) is 11.8 Å². The van der Waals surface area contributed by atoms with Gasteiger partial charge in [-0.2, -0.15) is 5.26 Å². The van der Waals surface area contributed by atoms with E-state index in [4.69, 9.17) is 15.1 Å². The number of hydrogen-bond acceptors (Lipinski definition) is 5. The lowest BCUT2D eigenvalue weighted by atomic mass is 9.97. The summed E-state index contributed by atoms with van der Waals surface area (Å²) in [6.45, 7) is 5.57. The van der Waals surface area contributed by atoms with Gasteiger partial charge in [0.25, 0.3) is 0 Å². The van der Waals surface area contributed by atoms with Gasteiger partial charge in [-0.3, -0.25) is 0 Å². The molecule has 1 aromatic carbocycles. The van der Waals surface area contributed by atoms with E-state index in [-0.39, 0.29) is 6.10 Å². The van der Waals surface area contributed by atoms with Crippen LogP contribution in [0.5, 0.6) is 0 Å². The molecule has 6 heteroatoms. The molecule has 6 nitrogen and oxygen atoms in total. The SMILES string of the molecule is CC1=CC=C(c2cc(NCC3CN(C)CCO3)nn2-c2ccc(C#N)cc2)CC1. The molecule has 1 fully saturated rings. The van der Waals surface area contributed by atoms with Crippen LogP contribution in [0.4, 0.5) is 5.82 Å². The van der Waals surface area contributed by atoms with E-state index < -0.39 is 0 Å². The Morgan fingerprint density at radius 2 is 2.07 bits per heavy atom. The van der Waals surface area contributed by atoms with Crippen LogP contribution in [0.1, 0.15) is 31.0 Å². The molecular formula is C23H27N5O. The molecule has 29 heavy (non-hydrogen) atoms. The molecule has 0 bridgehead atoms. The molecule has 1 aromatic heterocycles. The molecule has 1 unspecified atom stereocenters. The lowest BCUT2D eigenvalue weighted by Gasteiger charge is -2.30. The second-order valence-corrected chi connectivity index (χ2v) is 7.83. The summed E-state index contributed by atoms with van der Waals surface area (Å²) in [5, 5.41) is 17.4. The fourth-order valence-electron chi connectivity index (χ4n) is 3.73. The first-order valence-electron chi connectivity index (χ1n) is 10.1. The average Bonchev–Trinajstić information content (AvgIpc) is 3.17. The minimum absolute atomic E-state index is 0.164. The van der Waals surface area contributed by atoms with E-state index in [0.29, 0.717) is 5.56 Å². The van der Waals surface area contributed by atoms with Crippen molar-refractivity contribution in [2.24, 2.45) is 0 Å². The number of likely N-dealkylation sites (N-methyl/N-ethyl adjacent to an activating group) is 1. The quantitative estimate of drug-likeness (QED) is 0.846. The van der Waals surface area contributed by atoms with Gasteiger partial charge in [0, 0.05) is 25.7 Å². The van der Waals surface area contributed by atoms with Crippen LogP contribution >= 0.6 is 0 Å². The number of nitrogens with zero attached hydrogens (tertiary/aromatic N) is 4. The molecular weight excluding hydrogens is 362 g/mol. The average molecular weight is 390 g/mol. The minimum atomic E-state index is 0.164. The zero-order valence-electron chi connectivity index (χ0n) is 17.1. The van der Waals surface area contributed by atoms with Crippen molar-refractivity contribution in [2.45, 2.75) is 25.9 Å². The van der Waals surface area contributed by atoms with Gasteiger partial charge < -0.3 is 15.0 Å². The van der Waals surface area contributed by atoms with Crippen molar-refractivity contribution in [3.63, 3.8) is 0 Å². The molecule has 0 radical (unpaired) electrons. The van der Waals surface area contributed by atoms with E-state index >= 15 is 0 Å². The summed E-state index contributed by atoms with van der Waals surface area (Å²) in [5.41, 5.74) is 5.36. The van der Waals surface area contributed by atoms with E-state index in [1.807, 2.05) is 28.9 Å². The number of nitriles is 1. The Bertz CT molecular complexity index is 964. The summed E-state index contributed by atoms with van der Waals surface area (Å²) in [5.74, 6) is 0.841.